The molecular formula is C26H31N5OS3. The number of carbonyl (C=O) groups is 1. The maximum atomic E-state index is 13.6. The molecule has 3 heterocycles. The van der Waals surface area contributed by atoms with E-state index >= 15 is 0 Å². The number of rotatable bonds is 5. The molecule has 2 aromatic rings. The SMILES string of the molecule is CCc1ccc(C2C(C#N)=C(N)N(c3nnc(SC4CCCCC4)s3)C3=C2C(=O)CC(C)(C)C3)s1. The van der Waals surface area contributed by atoms with Crippen LogP contribution in [0, 0.1) is 16.7 Å². The normalized spacial score (nSPS) is 23.0. The van der Waals surface area contributed by atoms with E-state index in [1.807, 2.05) is 4.90 Å². The van der Waals surface area contributed by atoms with Gasteiger partial charge < -0.3 is 5.73 Å². The molecule has 184 valence electrons. The third-order valence-electron chi connectivity index (χ3n) is 7.10. The monoisotopic (exact) mass is 525 g/mol. The number of thioether (sulfide) groups is 1. The van der Waals surface area contributed by atoms with Gasteiger partial charge in [0.25, 0.3) is 0 Å². The van der Waals surface area contributed by atoms with Crippen LogP contribution in [0.2, 0.25) is 0 Å². The highest BCUT2D eigenvalue weighted by Gasteiger charge is 2.45. The van der Waals surface area contributed by atoms with E-state index in [4.69, 9.17) is 5.73 Å². The number of aromatic nitrogens is 2. The summed E-state index contributed by atoms with van der Waals surface area (Å²) in [5, 5.41) is 20.5. The molecule has 5 rings (SSSR count). The summed E-state index contributed by atoms with van der Waals surface area (Å²) >= 11 is 4.98. The van der Waals surface area contributed by atoms with E-state index in [9.17, 15) is 10.1 Å². The maximum Gasteiger partial charge on any atom is 0.219 e. The van der Waals surface area contributed by atoms with Crippen molar-refractivity contribution in [2.24, 2.45) is 11.1 Å². The summed E-state index contributed by atoms with van der Waals surface area (Å²) in [6, 6.07) is 6.50. The Morgan fingerprint density at radius 1 is 1.20 bits per heavy atom. The van der Waals surface area contributed by atoms with E-state index in [0.717, 1.165) is 21.3 Å². The number of anilines is 1. The van der Waals surface area contributed by atoms with Crippen LogP contribution in [0.3, 0.4) is 0 Å². The minimum Gasteiger partial charge on any atom is -0.384 e. The van der Waals surface area contributed by atoms with Crippen molar-refractivity contribution >= 4 is 45.4 Å². The van der Waals surface area contributed by atoms with Crippen molar-refractivity contribution in [2.75, 3.05) is 4.90 Å². The fraction of sp³-hybridized carbons (Fsp3) is 0.538. The van der Waals surface area contributed by atoms with Gasteiger partial charge in [-0.2, -0.15) is 5.26 Å². The third kappa shape index (κ3) is 4.68. The highest BCUT2D eigenvalue weighted by molar-refractivity contribution is 8.01. The van der Waals surface area contributed by atoms with Crippen LogP contribution in [0.1, 0.15) is 81.4 Å². The number of Topliss-reactive ketones (excluding diaryl/α,β-unsaturated/α-hetero) is 1. The molecule has 1 fully saturated rings. The van der Waals surface area contributed by atoms with Crippen molar-refractivity contribution in [1.29, 1.82) is 5.26 Å². The highest BCUT2D eigenvalue weighted by atomic mass is 32.2. The summed E-state index contributed by atoms with van der Waals surface area (Å²) in [6.07, 6.45) is 8.36. The molecule has 6 nitrogen and oxygen atoms in total. The number of nitrogens with zero attached hydrogens (tertiary/aromatic N) is 4. The van der Waals surface area contributed by atoms with Gasteiger partial charge in [0.1, 0.15) is 5.82 Å². The van der Waals surface area contributed by atoms with E-state index in [-0.39, 0.29) is 11.2 Å². The number of thiophene rings is 1. The van der Waals surface area contributed by atoms with E-state index in [1.54, 1.807) is 23.1 Å². The molecule has 0 bridgehead atoms. The quantitative estimate of drug-likeness (QED) is 0.474. The Morgan fingerprint density at radius 2 is 1.97 bits per heavy atom. The molecule has 2 N–H and O–H groups in total. The first-order chi connectivity index (χ1) is 16.8. The van der Waals surface area contributed by atoms with E-state index in [2.05, 4.69) is 49.2 Å². The molecule has 2 aromatic heterocycles. The summed E-state index contributed by atoms with van der Waals surface area (Å²) in [7, 11) is 0. The van der Waals surface area contributed by atoms with Crippen molar-refractivity contribution in [3.8, 4) is 6.07 Å². The molecule has 1 saturated carbocycles. The van der Waals surface area contributed by atoms with Gasteiger partial charge in [0, 0.05) is 32.7 Å². The molecule has 9 heteroatoms. The van der Waals surface area contributed by atoms with Crippen molar-refractivity contribution in [3.05, 3.63) is 44.6 Å². The van der Waals surface area contributed by atoms with Crippen LogP contribution in [-0.2, 0) is 11.2 Å². The lowest BCUT2D eigenvalue weighted by Crippen LogP contribution is -2.42. The average Bonchev–Trinajstić information content (AvgIpc) is 3.48. The van der Waals surface area contributed by atoms with Gasteiger partial charge >= 0.3 is 0 Å². The largest absolute Gasteiger partial charge is 0.384 e. The molecule has 0 aromatic carbocycles. The number of allylic oxidation sites excluding steroid dienone is 3. The average molecular weight is 526 g/mol. The van der Waals surface area contributed by atoms with Gasteiger partial charge in [-0.15, -0.1) is 21.5 Å². The first kappa shape index (κ1) is 24.5. The third-order valence-corrected chi connectivity index (χ3v) is 10.7. The number of hydrogen-bond donors (Lipinski definition) is 1. The molecule has 1 unspecified atom stereocenters. The Balaban J connectivity index is 1.59. The van der Waals surface area contributed by atoms with Crippen LogP contribution >= 0.6 is 34.4 Å². The molecule has 1 atom stereocenters. The Kier molecular flexibility index (Phi) is 6.81. The summed E-state index contributed by atoms with van der Waals surface area (Å²) < 4.78 is 0.926. The van der Waals surface area contributed by atoms with Crippen molar-refractivity contribution in [1.82, 2.24) is 10.2 Å². The van der Waals surface area contributed by atoms with Gasteiger partial charge in [-0.25, -0.2) is 0 Å². The fourth-order valence-electron chi connectivity index (χ4n) is 5.42. The highest BCUT2D eigenvalue weighted by Crippen LogP contribution is 2.52. The van der Waals surface area contributed by atoms with E-state index in [0.29, 0.717) is 40.2 Å². The number of aryl methyl sites for hydroxylation is 1. The molecule has 2 aliphatic carbocycles. The lowest BCUT2D eigenvalue weighted by molar-refractivity contribution is -0.118. The summed E-state index contributed by atoms with van der Waals surface area (Å²) in [5.41, 5.74) is 8.56. The zero-order valence-corrected chi connectivity index (χ0v) is 22.9. The van der Waals surface area contributed by atoms with Crippen LogP contribution < -0.4 is 10.6 Å². The number of carbonyl (C=O) groups excluding carboxylic acids is 1. The minimum absolute atomic E-state index is 0.0965. The molecule has 0 amide bonds. The predicted molar refractivity (Wildman–Crippen MR) is 143 cm³/mol. The zero-order valence-electron chi connectivity index (χ0n) is 20.5. The first-order valence-electron chi connectivity index (χ1n) is 12.4. The van der Waals surface area contributed by atoms with Gasteiger partial charge in [0.2, 0.25) is 5.13 Å². The molecule has 0 saturated heterocycles. The fourth-order valence-corrected chi connectivity index (χ4v) is 8.88. The van der Waals surface area contributed by atoms with Crippen LogP contribution in [0.25, 0.3) is 0 Å². The second kappa shape index (κ2) is 9.72. The van der Waals surface area contributed by atoms with Gasteiger partial charge in [-0.1, -0.05) is 63.1 Å². The standard InChI is InChI=1S/C26H31N5OS3/c1-4-15-10-11-20(33-15)21-17(14-27)23(28)31(18-12-26(2,3)13-19(32)22(18)21)24-29-30-25(35-24)34-16-8-6-5-7-9-16/h10-11,16,21H,4-9,12-13,28H2,1-3H3. The molecule has 0 radical (unpaired) electrons. The van der Waals surface area contributed by atoms with Crippen molar-refractivity contribution in [2.45, 2.75) is 87.6 Å². The number of nitriles is 1. The summed E-state index contributed by atoms with van der Waals surface area (Å²) in [6.45, 7) is 6.35. The van der Waals surface area contributed by atoms with Crippen LogP contribution in [0.4, 0.5) is 5.13 Å². The van der Waals surface area contributed by atoms with Gasteiger partial charge in [-0.3, -0.25) is 9.69 Å². The number of ketones is 1. The lowest BCUT2D eigenvalue weighted by atomic mass is 9.70. The second-order valence-electron chi connectivity index (χ2n) is 10.4. The topological polar surface area (TPSA) is 95.9 Å². The number of hydrogen-bond acceptors (Lipinski definition) is 9. The van der Waals surface area contributed by atoms with Crippen LogP contribution in [0.5, 0.6) is 0 Å². The van der Waals surface area contributed by atoms with Crippen molar-refractivity contribution < 1.29 is 4.79 Å². The molecule has 35 heavy (non-hydrogen) atoms. The second-order valence-corrected chi connectivity index (χ2v) is 14.1. The van der Waals surface area contributed by atoms with Crippen LogP contribution in [-0.4, -0.2) is 21.2 Å². The Morgan fingerprint density at radius 3 is 2.66 bits per heavy atom. The van der Waals surface area contributed by atoms with Gasteiger partial charge in [0.15, 0.2) is 10.1 Å². The molecule has 1 aliphatic heterocycles. The lowest BCUT2D eigenvalue weighted by Gasteiger charge is -2.42. The number of nitrogens with two attached hydrogens (primary N) is 1. The van der Waals surface area contributed by atoms with Gasteiger partial charge in [0.05, 0.1) is 17.6 Å². The summed E-state index contributed by atoms with van der Waals surface area (Å²) in [5.74, 6) is 0.0574. The Hall–Kier alpha value is -2.15. The van der Waals surface area contributed by atoms with Crippen molar-refractivity contribution in [3.63, 3.8) is 0 Å². The Labute approximate surface area is 219 Å². The minimum atomic E-state index is -0.413. The van der Waals surface area contributed by atoms with Crippen LogP contribution in [0.15, 0.2) is 39.1 Å². The predicted octanol–water partition coefficient (Wildman–Crippen LogP) is 6.53. The molecule has 0 spiro atoms. The molecular weight excluding hydrogens is 495 g/mol. The van der Waals surface area contributed by atoms with Gasteiger partial charge in [-0.05, 0) is 43.2 Å². The summed E-state index contributed by atoms with van der Waals surface area (Å²) in [4.78, 5) is 17.7. The first-order valence-corrected chi connectivity index (χ1v) is 14.9. The van der Waals surface area contributed by atoms with E-state index in [1.165, 1.54) is 48.3 Å². The molecule has 3 aliphatic rings. The Bertz CT molecular complexity index is 1240. The maximum absolute atomic E-state index is 13.6. The smallest absolute Gasteiger partial charge is 0.219 e. The van der Waals surface area contributed by atoms with E-state index < -0.39 is 5.92 Å². The zero-order chi connectivity index (χ0) is 24.7.